The average Bonchev–Trinajstić information content (AvgIpc) is 2.62. The maximum Gasteiger partial charge on any atom is 2.00 e. The molecule has 152 valence electrons. The van der Waals surface area contributed by atoms with Crippen molar-refractivity contribution in [1.82, 2.24) is 0 Å². The van der Waals surface area contributed by atoms with E-state index >= 15 is 0 Å². The number of hydrogen-bond acceptors (Lipinski definition) is 14. The molecule has 0 heterocycles. The van der Waals surface area contributed by atoms with Crippen LogP contribution in [-0.4, -0.2) is 152 Å². The first kappa shape index (κ1) is 30.9. The molecular weight excluding hydrogens is 408 g/mol. The van der Waals surface area contributed by atoms with Gasteiger partial charge in [0.05, 0.1) is 11.9 Å². The predicted molar refractivity (Wildman–Crippen MR) is 76.0 cm³/mol. The standard InChI is InChI=1S/2C6H10O7.Ca/c2*7-1-2(8)3(9)4(10)5(11)6(12)13;/h2*3-5,7,9-11H,1H2,(H,12,13);/q;;+2/p-2. The number of ketones is 2. The quantitative estimate of drug-likeness (QED) is 0.151. The summed E-state index contributed by atoms with van der Waals surface area (Å²) in [6.45, 7) is -2.12. The smallest absolute Gasteiger partial charge is 0.547 e. The number of carboxylic acids is 2. The first-order valence-electron chi connectivity index (χ1n) is 6.60. The van der Waals surface area contributed by atoms with E-state index < -0.39 is 73.3 Å². The van der Waals surface area contributed by atoms with Crippen LogP contribution >= 0.6 is 0 Å². The fraction of sp³-hybridized carbons (Fsp3) is 0.667. The van der Waals surface area contributed by atoms with Gasteiger partial charge in [-0.05, 0) is 0 Å². The number of rotatable bonds is 10. The molecule has 8 N–H and O–H groups in total. The van der Waals surface area contributed by atoms with Gasteiger partial charge in [0.1, 0.15) is 49.8 Å². The number of aliphatic carboxylic acids is 2. The Morgan fingerprint density at radius 1 is 0.593 bits per heavy atom. The molecule has 0 saturated heterocycles. The van der Waals surface area contributed by atoms with Crippen LogP contribution in [0.3, 0.4) is 0 Å². The van der Waals surface area contributed by atoms with Gasteiger partial charge in [0, 0.05) is 0 Å². The zero-order valence-electron chi connectivity index (χ0n) is 13.6. The van der Waals surface area contributed by atoms with Crippen LogP contribution in [0.5, 0.6) is 0 Å². The third kappa shape index (κ3) is 11.0. The summed E-state index contributed by atoms with van der Waals surface area (Å²) >= 11 is 0. The number of carbonyl (C=O) groups is 4. The summed E-state index contributed by atoms with van der Waals surface area (Å²) in [5, 5.41) is 88.7. The third-order valence-electron chi connectivity index (χ3n) is 2.75. The van der Waals surface area contributed by atoms with Gasteiger partial charge in [-0.2, -0.15) is 0 Å². The minimum atomic E-state index is -2.37. The van der Waals surface area contributed by atoms with Crippen LogP contribution in [0, 0.1) is 0 Å². The average molecular weight is 426 g/mol. The summed E-state index contributed by atoms with van der Waals surface area (Å²) in [4.78, 5) is 40.9. The minimum absolute atomic E-state index is 0. The van der Waals surface area contributed by atoms with Gasteiger partial charge in [-0.1, -0.05) is 0 Å². The van der Waals surface area contributed by atoms with Crippen molar-refractivity contribution in [3.8, 4) is 0 Å². The van der Waals surface area contributed by atoms with E-state index in [-0.39, 0.29) is 37.7 Å². The Labute approximate surface area is 180 Å². The number of carboxylic acid groups (broad SMARTS) is 2. The molecule has 15 heteroatoms. The van der Waals surface area contributed by atoms with Crippen molar-refractivity contribution in [3.05, 3.63) is 0 Å². The molecule has 0 aromatic heterocycles. The zero-order valence-corrected chi connectivity index (χ0v) is 15.8. The first-order chi connectivity index (χ1) is 11.8. The predicted octanol–water partition coefficient (Wildman–Crippen LogP) is -9.62. The van der Waals surface area contributed by atoms with E-state index in [9.17, 15) is 29.4 Å². The van der Waals surface area contributed by atoms with Gasteiger partial charge >= 0.3 is 37.7 Å². The number of aliphatic hydroxyl groups is 8. The Bertz CT molecular complexity index is 452. The summed E-state index contributed by atoms with van der Waals surface area (Å²) in [6, 6.07) is 0. The first-order valence-corrected chi connectivity index (χ1v) is 6.60. The van der Waals surface area contributed by atoms with Gasteiger partial charge in [-0.25, -0.2) is 0 Å². The summed E-state index contributed by atoms with van der Waals surface area (Å²) in [5.41, 5.74) is 0. The molecule has 0 amide bonds. The maximum absolute atomic E-state index is 10.5. The van der Waals surface area contributed by atoms with E-state index in [4.69, 9.17) is 40.9 Å². The zero-order chi connectivity index (χ0) is 21.2. The second kappa shape index (κ2) is 15.2. The molecule has 0 aromatic carbocycles. The van der Waals surface area contributed by atoms with Crippen LogP contribution in [-0.2, 0) is 19.2 Å². The second-order valence-corrected chi connectivity index (χ2v) is 4.65. The second-order valence-electron chi connectivity index (χ2n) is 4.65. The SMILES string of the molecule is O=C([O-])C(O)C(O)C(O)C(=O)CO.O=C([O-])C(O)C(O)C(O)C(=O)CO.[Ca+2]. The van der Waals surface area contributed by atoms with Crippen molar-refractivity contribution in [3.63, 3.8) is 0 Å². The number of hydrogen-bond donors (Lipinski definition) is 8. The van der Waals surface area contributed by atoms with Gasteiger partial charge in [-0.3, -0.25) is 9.59 Å². The van der Waals surface area contributed by atoms with Crippen LogP contribution in [0.15, 0.2) is 0 Å². The van der Waals surface area contributed by atoms with Crippen LogP contribution in [0.1, 0.15) is 0 Å². The van der Waals surface area contributed by atoms with E-state index in [1.165, 1.54) is 0 Å². The van der Waals surface area contributed by atoms with E-state index in [0.29, 0.717) is 0 Å². The van der Waals surface area contributed by atoms with Crippen molar-refractivity contribution in [2.24, 2.45) is 0 Å². The van der Waals surface area contributed by atoms with Crippen molar-refractivity contribution in [2.45, 2.75) is 36.6 Å². The third-order valence-corrected chi connectivity index (χ3v) is 2.75. The van der Waals surface area contributed by atoms with Crippen LogP contribution in [0.2, 0.25) is 0 Å². The monoisotopic (exact) mass is 426 g/mol. The van der Waals surface area contributed by atoms with Gasteiger partial charge in [0.2, 0.25) is 0 Å². The Balaban J connectivity index is -0.000000411. The molecule has 0 radical (unpaired) electrons. The summed E-state index contributed by atoms with van der Waals surface area (Å²) in [6.07, 6.45) is -13.4. The summed E-state index contributed by atoms with van der Waals surface area (Å²) < 4.78 is 0. The topological polar surface area (TPSA) is 276 Å². The fourth-order valence-corrected chi connectivity index (χ4v) is 1.19. The van der Waals surface area contributed by atoms with Crippen molar-refractivity contribution < 1.29 is 70.2 Å². The number of Topliss-reactive ketones (excluding diaryl/α,β-unsaturated/α-hetero) is 2. The van der Waals surface area contributed by atoms with E-state index in [2.05, 4.69) is 0 Å². The van der Waals surface area contributed by atoms with Crippen molar-refractivity contribution in [2.75, 3.05) is 13.2 Å². The van der Waals surface area contributed by atoms with Crippen LogP contribution in [0.4, 0.5) is 0 Å². The molecule has 6 unspecified atom stereocenters. The Hall–Kier alpha value is -0.780. The number of aliphatic hydroxyl groups excluding tert-OH is 8. The molecule has 27 heavy (non-hydrogen) atoms. The molecule has 0 aliphatic heterocycles. The van der Waals surface area contributed by atoms with E-state index in [0.717, 1.165) is 0 Å². The molecule has 0 aliphatic rings. The Morgan fingerprint density at radius 3 is 0.963 bits per heavy atom. The van der Waals surface area contributed by atoms with Gasteiger partial charge in [0.25, 0.3) is 0 Å². The van der Waals surface area contributed by atoms with Crippen molar-refractivity contribution >= 4 is 61.2 Å². The Morgan fingerprint density at radius 2 is 0.815 bits per heavy atom. The molecular formula is C12H18CaO14. The molecule has 0 rings (SSSR count). The van der Waals surface area contributed by atoms with E-state index in [1.54, 1.807) is 0 Å². The van der Waals surface area contributed by atoms with Crippen LogP contribution < -0.4 is 10.2 Å². The molecule has 0 fully saturated rings. The molecule has 0 aliphatic carbocycles. The summed E-state index contributed by atoms with van der Waals surface area (Å²) in [5.74, 6) is -6.41. The van der Waals surface area contributed by atoms with Crippen molar-refractivity contribution in [1.29, 1.82) is 0 Å². The molecule has 0 spiro atoms. The van der Waals surface area contributed by atoms with Gasteiger partial charge in [0.15, 0.2) is 11.6 Å². The van der Waals surface area contributed by atoms with Gasteiger partial charge < -0.3 is 60.7 Å². The molecule has 0 aromatic rings. The fourth-order valence-electron chi connectivity index (χ4n) is 1.19. The normalized spacial score (nSPS) is 16.9. The molecule has 0 bridgehead atoms. The van der Waals surface area contributed by atoms with E-state index in [1.807, 2.05) is 0 Å². The van der Waals surface area contributed by atoms with Crippen LogP contribution in [0.25, 0.3) is 0 Å². The molecule has 6 atom stereocenters. The minimum Gasteiger partial charge on any atom is -0.547 e. The number of carbonyl (C=O) groups excluding carboxylic acids is 4. The molecule has 0 saturated carbocycles. The summed E-state index contributed by atoms with van der Waals surface area (Å²) in [7, 11) is 0. The molecule has 14 nitrogen and oxygen atoms in total. The largest absolute Gasteiger partial charge is 2.00 e. The Kier molecular flexibility index (Phi) is 17.4. The van der Waals surface area contributed by atoms with Gasteiger partial charge in [-0.15, -0.1) is 0 Å². The maximum atomic E-state index is 10.5.